The van der Waals surface area contributed by atoms with Gasteiger partial charge in [-0.1, -0.05) is 31.2 Å². The number of aryl methyl sites for hydroxylation is 1. The second kappa shape index (κ2) is 7.28. The molecule has 3 aromatic rings. The third kappa shape index (κ3) is 3.28. The molecule has 1 atom stereocenters. The number of hydrogen-bond acceptors (Lipinski definition) is 3. The van der Waals surface area contributed by atoms with E-state index in [0.717, 1.165) is 23.4 Å². The van der Waals surface area contributed by atoms with Gasteiger partial charge in [0.25, 0.3) is 0 Å². The van der Waals surface area contributed by atoms with Gasteiger partial charge in [-0.3, -0.25) is 4.79 Å². The molecule has 1 aromatic heterocycles. The summed E-state index contributed by atoms with van der Waals surface area (Å²) >= 11 is 1.70. The van der Waals surface area contributed by atoms with E-state index in [-0.39, 0.29) is 5.91 Å². The molecule has 0 fully saturated rings. The van der Waals surface area contributed by atoms with Crippen LogP contribution >= 0.6 is 11.8 Å². The molecule has 4 N–H and O–H groups in total. The first kappa shape index (κ1) is 16.9. The van der Waals surface area contributed by atoms with Crippen LogP contribution in [0.1, 0.15) is 18.9 Å². The second-order valence-electron chi connectivity index (χ2n) is 5.96. The van der Waals surface area contributed by atoms with E-state index in [4.69, 9.17) is 5.73 Å². The summed E-state index contributed by atoms with van der Waals surface area (Å²) in [6.45, 7) is 2.15. The van der Waals surface area contributed by atoms with E-state index in [9.17, 15) is 4.79 Å². The number of amides is 1. The normalized spacial score (nSPS) is 12.6. The van der Waals surface area contributed by atoms with Crippen molar-refractivity contribution in [1.82, 2.24) is 4.98 Å². The molecule has 0 spiro atoms. The Kier molecular flexibility index (Phi) is 5.11. The van der Waals surface area contributed by atoms with Crippen LogP contribution in [0.15, 0.2) is 36.4 Å². The predicted octanol–water partition coefficient (Wildman–Crippen LogP) is 3.90. The minimum atomic E-state index is -0.470. The molecule has 0 aliphatic heterocycles. The standard InChI is InChI=1S/C19H23N3OS/c1-3-12-5-4-6-15-14-8-7-13(11-17(14)22-18(12)15)21-19(23)16(20)9-10-24-2/h4-8,11,16,22H,3,9-10,20H2,1-2H3,(H,21,23)/t16-/m0/s1. The van der Waals surface area contributed by atoms with Crippen molar-refractivity contribution in [2.45, 2.75) is 25.8 Å². The van der Waals surface area contributed by atoms with Gasteiger partial charge in [-0.25, -0.2) is 0 Å². The topological polar surface area (TPSA) is 70.9 Å². The Morgan fingerprint density at radius 3 is 2.88 bits per heavy atom. The minimum Gasteiger partial charge on any atom is -0.354 e. The van der Waals surface area contributed by atoms with Gasteiger partial charge in [-0.15, -0.1) is 0 Å². The number of nitrogens with one attached hydrogen (secondary N) is 2. The van der Waals surface area contributed by atoms with E-state index in [2.05, 4.69) is 41.5 Å². The number of nitrogens with two attached hydrogens (primary N) is 1. The summed E-state index contributed by atoms with van der Waals surface area (Å²) in [5.41, 5.74) is 10.2. The number of aromatic nitrogens is 1. The number of para-hydroxylation sites is 1. The maximum Gasteiger partial charge on any atom is 0.241 e. The van der Waals surface area contributed by atoms with E-state index in [0.29, 0.717) is 6.42 Å². The van der Waals surface area contributed by atoms with E-state index < -0.39 is 6.04 Å². The highest BCUT2D eigenvalue weighted by Gasteiger charge is 2.14. The number of hydrogen-bond donors (Lipinski definition) is 3. The van der Waals surface area contributed by atoms with Gasteiger partial charge in [0, 0.05) is 27.5 Å². The van der Waals surface area contributed by atoms with Crippen molar-refractivity contribution in [2.24, 2.45) is 5.73 Å². The van der Waals surface area contributed by atoms with Gasteiger partial charge in [0.2, 0.25) is 5.91 Å². The van der Waals surface area contributed by atoms with Gasteiger partial charge >= 0.3 is 0 Å². The van der Waals surface area contributed by atoms with Crippen LogP contribution in [0, 0.1) is 0 Å². The lowest BCUT2D eigenvalue weighted by Gasteiger charge is -2.11. The quantitative estimate of drug-likeness (QED) is 0.637. The molecular weight excluding hydrogens is 318 g/mol. The first-order chi connectivity index (χ1) is 11.6. The summed E-state index contributed by atoms with van der Waals surface area (Å²) in [6, 6.07) is 11.9. The highest BCUT2D eigenvalue weighted by Crippen LogP contribution is 2.29. The van der Waals surface area contributed by atoms with E-state index in [1.54, 1.807) is 11.8 Å². The van der Waals surface area contributed by atoms with Crippen LogP contribution in [-0.4, -0.2) is 28.9 Å². The zero-order valence-corrected chi connectivity index (χ0v) is 14.9. The summed E-state index contributed by atoms with van der Waals surface area (Å²) in [7, 11) is 0. The van der Waals surface area contributed by atoms with E-state index in [1.807, 2.05) is 18.4 Å². The number of rotatable bonds is 6. The van der Waals surface area contributed by atoms with Crippen molar-refractivity contribution < 1.29 is 4.79 Å². The molecule has 24 heavy (non-hydrogen) atoms. The van der Waals surface area contributed by atoms with Crippen LogP contribution in [0.3, 0.4) is 0 Å². The number of carbonyl (C=O) groups is 1. The maximum absolute atomic E-state index is 12.2. The molecule has 0 unspecified atom stereocenters. The molecule has 0 radical (unpaired) electrons. The minimum absolute atomic E-state index is 0.131. The largest absolute Gasteiger partial charge is 0.354 e. The van der Waals surface area contributed by atoms with Crippen molar-refractivity contribution in [3.8, 4) is 0 Å². The number of carbonyl (C=O) groups excluding carboxylic acids is 1. The summed E-state index contributed by atoms with van der Waals surface area (Å²) in [4.78, 5) is 15.7. The number of anilines is 1. The summed E-state index contributed by atoms with van der Waals surface area (Å²) in [5, 5.41) is 5.31. The summed E-state index contributed by atoms with van der Waals surface area (Å²) in [5.74, 6) is 0.754. The second-order valence-corrected chi connectivity index (χ2v) is 6.94. The smallest absolute Gasteiger partial charge is 0.241 e. The Labute approximate surface area is 146 Å². The van der Waals surface area contributed by atoms with Crippen LogP contribution in [0.4, 0.5) is 5.69 Å². The Balaban J connectivity index is 1.89. The number of aromatic amines is 1. The molecule has 3 rings (SSSR count). The molecule has 4 nitrogen and oxygen atoms in total. The average molecular weight is 341 g/mol. The Bertz CT molecular complexity index is 872. The lowest BCUT2D eigenvalue weighted by molar-refractivity contribution is -0.117. The molecule has 0 aliphatic rings. The number of H-pyrrole nitrogens is 1. The molecule has 0 saturated carbocycles. The molecule has 1 heterocycles. The number of fused-ring (bicyclic) bond motifs is 3. The Hall–Kier alpha value is -1.98. The molecule has 0 aliphatic carbocycles. The third-order valence-corrected chi connectivity index (χ3v) is 4.98. The highest BCUT2D eigenvalue weighted by molar-refractivity contribution is 7.98. The van der Waals surface area contributed by atoms with Gasteiger partial charge in [-0.05, 0) is 42.5 Å². The maximum atomic E-state index is 12.2. The Morgan fingerprint density at radius 2 is 2.12 bits per heavy atom. The van der Waals surface area contributed by atoms with Crippen LogP contribution < -0.4 is 11.1 Å². The molecule has 5 heteroatoms. The molecule has 2 aromatic carbocycles. The average Bonchev–Trinajstić information content (AvgIpc) is 2.97. The van der Waals surface area contributed by atoms with E-state index >= 15 is 0 Å². The van der Waals surface area contributed by atoms with Gasteiger partial charge in [0.15, 0.2) is 0 Å². The van der Waals surface area contributed by atoms with Crippen molar-refractivity contribution in [3.05, 3.63) is 42.0 Å². The van der Waals surface area contributed by atoms with Gasteiger partial charge in [0.1, 0.15) is 0 Å². The summed E-state index contributed by atoms with van der Waals surface area (Å²) < 4.78 is 0. The number of benzene rings is 2. The van der Waals surface area contributed by atoms with Crippen LogP contribution in [0.2, 0.25) is 0 Å². The zero-order valence-electron chi connectivity index (χ0n) is 14.1. The summed E-state index contributed by atoms with van der Waals surface area (Å²) in [6.07, 6.45) is 3.68. The molecule has 0 saturated heterocycles. The fourth-order valence-corrected chi connectivity index (χ4v) is 3.46. The van der Waals surface area contributed by atoms with Crippen molar-refractivity contribution in [1.29, 1.82) is 0 Å². The van der Waals surface area contributed by atoms with Gasteiger partial charge in [0.05, 0.1) is 6.04 Å². The molecular formula is C19H23N3OS. The molecule has 0 bridgehead atoms. The van der Waals surface area contributed by atoms with Gasteiger partial charge < -0.3 is 16.0 Å². The molecule has 126 valence electrons. The van der Waals surface area contributed by atoms with Crippen LogP contribution in [0.5, 0.6) is 0 Å². The Morgan fingerprint density at radius 1 is 1.29 bits per heavy atom. The zero-order chi connectivity index (χ0) is 17.1. The lowest BCUT2D eigenvalue weighted by atomic mass is 10.1. The van der Waals surface area contributed by atoms with E-state index in [1.165, 1.54) is 21.9 Å². The van der Waals surface area contributed by atoms with Crippen LogP contribution in [0.25, 0.3) is 21.8 Å². The third-order valence-electron chi connectivity index (χ3n) is 4.34. The van der Waals surface area contributed by atoms with Gasteiger partial charge in [-0.2, -0.15) is 11.8 Å². The predicted molar refractivity (Wildman–Crippen MR) is 105 cm³/mol. The van der Waals surface area contributed by atoms with Crippen molar-refractivity contribution in [2.75, 3.05) is 17.3 Å². The van der Waals surface area contributed by atoms with Crippen molar-refractivity contribution >= 4 is 45.2 Å². The van der Waals surface area contributed by atoms with Crippen LogP contribution in [-0.2, 0) is 11.2 Å². The fourth-order valence-electron chi connectivity index (χ4n) is 2.97. The first-order valence-corrected chi connectivity index (χ1v) is 9.62. The number of thioether (sulfide) groups is 1. The molecule has 1 amide bonds. The monoisotopic (exact) mass is 341 g/mol. The lowest BCUT2D eigenvalue weighted by Crippen LogP contribution is -2.36. The fraction of sp³-hybridized carbons (Fsp3) is 0.316. The highest BCUT2D eigenvalue weighted by atomic mass is 32.2. The van der Waals surface area contributed by atoms with Crippen molar-refractivity contribution in [3.63, 3.8) is 0 Å². The first-order valence-electron chi connectivity index (χ1n) is 8.22. The SMILES string of the molecule is CCc1cccc2c1[nH]c1cc(NC(=O)[C@@H](N)CCSC)ccc12.